The van der Waals surface area contributed by atoms with E-state index in [1.807, 2.05) is 67.7 Å². The van der Waals surface area contributed by atoms with Crippen LogP contribution in [0.1, 0.15) is 45.6 Å². The zero-order chi connectivity index (χ0) is 30.9. The van der Waals surface area contributed by atoms with Crippen LogP contribution in [0.15, 0.2) is 54.7 Å². The number of fused-ring (bicyclic) bond motifs is 2. The molecule has 3 N–H and O–H groups in total. The smallest absolute Gasteiger partial charge is 0.408 e. The number of H-pyrrole nitrogens is 1. The Morgan fingerprint density at radius 1 is 1.12 bits per heavy atom. The van der Waals surface area contributed by atoms with E-state index in [1.165, 1.54) is 4.90 Å². The molecule has 228 valence electrons. The van der Waals surface area contributed by atoms with Crippen molar-refractivity contribution in [3.8, 4) is 0 Å². The van der Waals surface area contributed by atoms with Crippen LogP contribution in [0.4, 0.5) is 21.0 Å². The molecule has 3 aromatic rings. The quantitative estimate of drug-likeness (QED) is 0.380. The molecular weight excluding hydrogens is 548 g/mol. The number of nitrogens with one attached hydrogen (secondary N) is 3. The summed E-state index contributed by atoms with van der Waals surface area (Å²) in [6.45, 7) is 5.77. The van der Waals surface area contributed by atoms with Gasteiger partial charge in [-0.15, -0.1) is 0 Å². The van der Waals surface area contributed by atoms with Crippen LogP contribution in [-0.4, -0.2) is 78.2 Å². The van der Waals surface area contributed by atoms with Gasteiger partial charge in [-0.2, -0.15) is 0 Å². The fraction of sp³-hybridized carbons (Fsp3) is 0.438. The maximum absolute atomic E-state index is 13.8. The number of carbonyl (C=O) groups is 4. The summed E-state index contributed by atoms with van der Waals surface area (Å²) < 4.78 is 5.46. The summed E-state index contributed by atoms with van der Waals surface area (Å²) in [7, 11) is 3.80. The summed E-state index contributed by atoms with van der Waals surface area (Å²) in [6, 6.07) is 12.8. The SMILES string of the molecule is CN(C)c1cccc(N2C(=O)C[C@@H]3[C@@H](NC(=O)[C@H](Cc4c[nH]c5ccccc45)NC(=O)OC(C)(C)C)CCCN3C2=O)c1. The molecule has 5 amide bonds. The molecule has 1 aromatic heterocycles. The van der Waals surface area contributed by atoms with Crippen molar-refractivity contribution >= 4 is 46.2 Å². The summed E-state index contributed by atoms with van der Waals surface area (Å²) in [6.07, 6.45) is 2.72. The maximum atomic E-state index is 13.8. The van der Waals surface area contributed by atoms with Crippen molar-refractivity contribution in [1.82, 2.24) is 20.5 Å². The first-order chi connectivity index (χ1) is 20.4. The highest BCUT2D eigenvalue weighted by Gasteiger charge is 2.45. The molecule has 2 aromatic carbocycles. The highest BCUT2D eigenvalue weighted by atomic mass is 16.6. The van der Waals surface area contributed by atoms with E-state index >= 15 is 0 Å². The molecule has 2 aliphatic heterocycles. The Morgan fingerprint density at radius 2 is 1.88 bits per heavy atom. The lowest BCUT2D eigenvalue weighted by atomic mass is 9.91. The average Bonchev–Trinajstić information content (AvgIpc) is 3.35. The van der Waals surface area contributed by atoms with Gasteiger partial charge in [0.2, 0.25) is 11.8 Å². The molecule has 43 heavy (non-hydrogen) atoms. The molecule has 2 saturated heterocycles. The largest absolute Gasteiger partial charge is 0.444 e. The number of ether oxygens (including phenoxy) is 1. The minimum Gasteiger partial charge on any atom is -0.444 e. The highest BCUT2D eigenvalue weighted by molar-refractivity contribution is 6.16. The van der Waals surface area contributed by atoms with Gasteiger partial charge in [0.05, 0.1) is 18.2 Å². The molecule has 0 aliphatic carbocycles. The number of imide groups is 1. The van der Waals surface area contributed by atoms with Crippen molar-refractivity contribution in [3.63, 3.8) is 0 Å². The number of hydrogen-bond acceptors (Lipinski definition) is 6. The Kier molecular flexibility index (Phi) is 8.34. The molecule has 11 heteroatoms. The number of nitrogens with zero attached hydrogens (tertiary/aromatic N) is 3. The van der Waals surface area contributed by atoms with Crippen molar-refractivity contribution < 1.29 is 23.9 Å². The van der Waals surface area contributed by atoms with Gasteiger partial charge in [0.25, 0.3) is 0 Å². The first-order valence-electron chi connectivity index (χ1n) is 14.7. The van der Waals surface area contributed by atoms with Crippen LogP contribution in [0, 0.1) is 0 Å². The number of urea groups is 1. The number of anilines is 2. The van der Waals surface area contributed by atoms with E-state index in [0.717, 1.165) is 22.2 Å². The fourth-order valence-electron chi connectivity index (χ4n) is 5.85. The van der Waals surface area contributed by atoms with Crippen LogP contribution in [0.25, 0.3) is 10.9 Å². The Balaban J connectivity index is 1.35. The Bertz CT molecular complexity index is 1530. The Labute approximate surface area is 251 Å². The first-order valence-corrected chi connectivity index (χ1v) is 14.7. The Hall–Kier alpha value is -4.54. The lowest BCUT2D eigenvalue weighted by molar-refractivity contribution is -0.126. The Morgan fingerprint density at radius 3 is 2.63 bits per heavy atom. The van der Waals surface area contributed by atoms with Gasteiger partial charge in [-0.3, -0.25) is 9.59 Å². The van der Waals surface area contributed by atoms with E-state index in [4.69, 9.17) is 4.74 Å². The van der Waals surface area contributed by atoms with Crippen LogP contribution >= 0.6 is 0 Å². The fourth-order valence-corrected chi connectivity index (χ4v) is 5.85. The van der Waals surface area contributed by atoms with Crippen LogP contribution in [0.3, 0.4) is 0 Å². The number of amides is 5. The van der Waals surface area contributed by atoms with Crippen LogP contribution in [0.5, 0.6) is 0 Å². The lowest BCUT2D eigenvalue weighted by Crippen LogP contribution is -2.66. The molecule has 5 rings (SSSR count). The van der Waals surface area contributed by atoms with Gasteiger partial charge in [0, 0.05) is 55.9 Å². The van der Waals surface area contributed by atoms with Gasteiger partial charge in [0.15, 0.2) is 0 Å². The summed E-state index contributed by atoms with van der Waals surface area (Å²) in [5.74, 6) is -0.713. The normalized spacial score (nSPS) is 19.6. The number of rotatable bonds is 7. The third-order valence-electron chi connectivity index (χ3n) is 7.89. The minimum atomic E-state index is -0.940. The number of para-hydroxylation sites is 1. The third kappa shape index (κ3) is 6.60. The summed E-state index contributed by atoms with van der Waals surface area (Å²) in [4.78, 5) is 61.7. The number of aromatic nitrogens is 1. The van der Waals surface area contributed by atoms with Crippen LogP contribution in [-0.2, 0) is 20.7 Å². The van der Waals surface area contributed by atoms with Crippen LogP contribution < -0.4 is 20.4 Å². The monoisotopic (exact) mass is 588 g/mol. The number of aromatic amines is 1. The van der Waals surface area contributed by atoms with Gasteiger partial charge in [-0.05, 0) is 63.4 Å². The zero-order valence-corrected chi connectivity index (χ0v) is 25.3. The molecule has 3 heterocycles. The van der Waals surface area contributed by atoms with Crippen molar-refractivity contribution in [1.29, 1.82) is 0 Å². The molecule has 0 saturated carbocycles. The van der Waals surface area contributed by atoms with E-state index in [-0.39, 0.29) is 18.7 Å². The molecule has 0 radical (unpaired) electrons. The summed E-state index contributed by atoms with van der Waals surface area (Å²) in [5.41, 5.74) is 2.46. The molecule has 3 atom stereocenters. The molecule has 2 fully saturated rings. The number of carbonyl (C=O) groups excluding carboxylic acids is 4. The molecular formula is C32H40N6O5. The third-order valence-corrected chi connectivity index (χ3v) is 7.89. The van der Waals surface area contributed by atoms with E-state index in [1.54, 1.807) is 31.7 Å². The second-order valence-corrected chi connectivity index (χ2v) is 12.4. The molecule has 0 bridgehead atoms. The van der Waals surface area contributed by atoms with Crippen molar-refractivity contribution in [2.24, 2.45) is 0 Å². The van der Waals surface area contributed by atoms with Gasteiger partial charge in [-0.25, -0.2) is 14.5 Å². The van der Waals surface area contributed by atoms with Crippen LogP contribution in [0.2, 0.25) is 0 Å². The van der Waals surface area contributed by atoms with Gasteiger partial charge >= 0.3 is 12.1 Å². The lowest BCUT2D eigenvalue weighted by Gasteiger charge is -2.46. The van der Waals surface area contributed by atoms with E-state index in [0.29, 0.717) is 25.1 Å². The number of alkyl carbamates (subject to hydrolysis) is 1. The number of hydrogen-bond donors (Lipinski definition) is 3. The highest BCUT2D eigenvalue weighted by Crippen LogP contribution is 2.32. The van der Waals surface area contributed by atoms with E-state index in [9.17, 15) is 19.2 Å². The zero-order valence-electron chi connectivity index (χ0n) is 25.3. The van der Waals surface area contributed by atoms with Crippen molar-refractivity contribution in [2.45, 2.75) is 70.2 Å². The van der Waals surface area contributed by atoms with Crippen molar-refractivity contribution in [3.05, 3.63) is 60.3 Å². The number of benzene rings is 2. The predicted octanol–water partition coefficient (Wildman–Crippen LogP) is 4.18. The molecule has 2 aliphatic rings. The van der Waals surface area contributed by atoms with Gasteiger partial charge in [-0.1, -0.05) is 24.3 Å². The second kappa shape index (κ2) is 12.0. The first kappa shape index (κ1) is 29.9. The topological polar surface area (TPSA) is 127 Å². The maximum Gasteiger partial charge on any atom is 0.408 e. The van der Waals surface area contributed by atoms with Gasteiger partial charge in [0.1, 0.15) is 11.6 Å². The molecule has 11 nitrogen and oxygen atoms in total. The van der Waals surface area contributed by atoms with Crippen molar-refractivity contribution in [2.75, 3.05) is 30.4 Å². The summed E-state index contributed by atoms with van der Waals surface area (Å²) in [5, 5.41) is 6.78. The van der Waals surface area contributed by atoms with E-state index < -0.39 is 41.8 Å². The van der Waals surface area contributed by atoms with Gasteiger partial charge < -0.3 is 30.2 Å². The summed E-state index contributed by atoms with van der Waals surface area (Å²) >= 11 is 0. The molecule has 0 unspecified atom stereocenters. The standard InChI is InChI=1S/C32H40N6O5/c1-32(2,3)43-30(41)35-26(16-20-19-33-24-13-7-6-12-23(20)24)29(40)34-25-14-9-15-37-27(25)18-28(39)38(31(37)42)22-11-8-10-21(17-22)36(4)5/h6-8,10-13,17,19,25-27,33H,9,14-16,18H2,1-5H3,(H,34,40)(H,35,41)/t25-,26-,27+/m0/s1. The molecule has 0 spiro atoms. The second-order valence-electron chi connectivity index (χ2n) is 12.4. The number of piperidine rings is 1. The van der Waals surface area contributed by atoms with E-state index in [2.05, 4.69) is 15.6 Å². The predicted molar refractivity (Wildman–Crippen MR) is 165 cm³/mol. The average molecular weight is 589 g/mol. The minimum absolute atomic E-state index is 0.0789.